The van der Waals surface area contributed by atoms with Crippen LogP contribution < -0.4 is 10.5 Å². The Balaban J connectivity index is 2.59. The predicted molar refractivity (Wildman–Crippen MR) is 56.1 cm³/mol. The van der Waals surface area contributed by atoms with Crippen molar-refractivity contribution in [2.24, 2.45) is 0 Å². The Labute approximate surface area is 95.3 Å². The number of halogens is 2. The van der Waals surface area contributed by atoms with Crippen LogP contribution in [0.2, 0.25) is 0 Å². The molecule has 0 saturated heterocycles. The van der Waals surface area contributed by atoms with Crippen molar-refractivity contribution in [1.82, 2.24) is 15.0 Å². The smallest absolute Gasteiger partial charge is 0.321 e. The van der Waals surface area contributed by atoms with E-state index in [-0.39, 0.29) is 23.3 Å². The first-order chi connectivity index (χ1) is 8.10. The Morgan fingerprint density at radius 3 is 2.65 bits per heavy atom. The standard InChI is InChI=1S/C10H8F2N4O/c1-17-10-15-8(14-9(13)16-10)6-4-5(11)2-3-7(6)12/h2-4H,1H3,(H2,13,14,15,16). The van der Waals surface area contributed by atoms with E-state index in [1.807, 2.05) is 0 Å². The number of hydrogen-bond acceptors (Lipinski definition) is 5. The van der Waals surface area contributed by atoms with Crippen molar-refractivity contribution in [2.75, 3.05) is 12.8 Å². The number of rotatable bonds is 2. The van der Waals surface area contributed by atoms with Gasteiger partial charge in [0.05, 0.1) is 12.7 Å². The fourth-order valence-electron chi connectivity index (χ4n) is 1.25. The highest BCUT2D eigenvalue weighted by atomic mass is 19.1. The first kappa shape index (κ1) is 11.2. The third-order valence-corrected chi connectivity index (χ3v) is 1.98. The largest absolute Gasteiger partial charge is 0.467 e. The lowest BCUT2D eigenvalue weighted by molar-refractivity contribution is 0.379. The second kappa shape index (κ2) is 4.28. The van der Waals surface area contributed by atoms with Crippen molar-refractivity contribution in [3.63, 3.8) is 0 Å². The van der Waals surface area contributed by atoms with Gasteiger partial charge in [0, 0.05) is 0 Å². The average Bonchev–Trinajstić information content (AvgIpc) is 2.31. The summed E-state index contributed by atoms with van der Waals surface area (Å²) in [6, 6.07) is 2.90. The van der Waals surface area contributed by atoms with E-state index in [1.54, 1.807) is 0 Å². The molecule has 0 spiro atoms. The molecular formula is C10H8F2N4O. The second-order valence-electron chi connectivity index (χ2n) is 3.13. The van der Waals surface area contributed by atoms with Crippen molar-refractivity contribution in [3.8, 4) is 17.4 Å². The molecule has 1 aromatic heterocycles. The van der Waals surface area contributed by atoms with E-state index in [9.17, 15) is 8.78 Å². The van der Waals surface area contributed by atoms with Gasteiger partial charge in [-0.1, -0.05) is 0 Å². The number of hydrogen-bond donors (Lipinski definition) is 1. The van der Waals surface area contributed by atoms with Crippen LogP contribution in [0.15, 0.2) is 18.2 Å². The molecule has 0 aliphatic carbocycles. The molecule has 0 bridgehead atoms. The Kier molecular flexibility index (Phi) is 2.82. The summed E-state index contributed by atoms with van der Waals surface area (Å²) in [5.74, 6) is -1.46. The summed E-state index contributed by atoms with van der Waals surface area (Å²) in [5, 5.41) is 0. The molecule has 0 radical (unpaired) electrons. The lowest BCUT2D eigenvalue weighted by atomic mass is 10.2. The van der Waals surface area contributed by atoms with E-state index >= 15 is 0 Å². The Morgan fingerprint density at radius 1 is 1.18 bits per heavy atom. The van der Waals surface area contributed by atoms with Crippen LogP contribution in [0.4, 0.5) is 14.7 Å². The lowest BCUT2D eigenvalue weighted by Gasteiger charge is -2.04. The van der Waals surface area contributed by atoms with Crippen LogP contribution in [0, 0.1) is 11.6 Å². The number of benzene rings is 1. The van der Waals surface area contributed by atoms with Crippen LogP contribution in [-0.2, 0) is 0 Å². The maximum absolute atomic E-state index is 13.5. The van der Waals surface area contributed by atoms with Gasteiger partial charge in [-0.05, 0) is 18.2 Å². The maximum Gasteiger partial charge on any atom is 0.321 e. The monoisotopic (exact) mass is 238 g/mol. The minimum Gasteiger partial charge on any atom is -0.467 e. The number of aromatic nitrogens is 3. The first-order valence-corrected chi connectivity index (χ1v) is 4.61. The number of anilines is 1. The van der Waals surface area contributed by atoms with E-state index in [1.165, 1.54) is 7.11 Å². The third kappa shape index (κ3) is 2.27. The molecule has 0 unspecified atom stereocenters. The summed E-state index contributed by atoms with van der Waals surface area (Å²) in [7, 11) is 1.33. The topological polar surface area (TPSA) is 73.9 Å². The van der Waals surface area contributed by atoms with Crippen molar-refractivity contribution < 1.29 is 13.5 Å². The van der Waals surface area contributed by atoms with Gasteiger partial charge >= 0.3 is 6.01 Å². The summed E-state index contributed by atoms with van der Waals surface area (Å²) >= 11 is 0. The highest BCUT2D eigenvalue weighted by Crippen LogP contribution is 2.21. The van der Waals surface area contributed by atoms with E-state index in [0.717, 1.165) is 18.2 Å². The minimum atomic E-state index is -0.654. The molecule has 5 nitrogen and oxygen atoms in total. The molecule has 0 fully saturated rings. The molecule has 0 saturated carbocycles. The summed E-state index contributed by atoms with van der Waals surface area (Å²) in [4.78, 5) is 11.2. The summed E-state index contributed by atoms with van der Waals surface area (Å²) < 4.78 is 31.3. The van der Waals surface area contributed by atoms with Crippen LogP contribution in [0.1, 0.15) is 0 Å². The van der Waals surface area contributed by atoms with Crippen LogP contribution in [0.25, 0.3) is 11.4 Å². The quantitative estimate of drug-likeness (QED) is 0.856. The van der Waals surface area contributed by atoms with Gasteiger partial charge in [0.25, 0.3) is 0 Å². The van der Waals surface area contributed by atoms with Crippen LogP contribution in [-0.4, -0.2) is 22.1 Å². The van der Waals surface area contributed by atoms with Crippen molar-refractivity contribution in [1.29, 1.82) is 0 Å². The molecule has 2 rings (SSSR count). The van der Waals surface area contributed by atoms with E-state index in [0.29, 0.717) is 0 Å². The molecule has 1 aromatic carbocycles. The highest BCUT2D eigenvalue weighted by Gasteiger charge is 2.12. The number of methoxy groups -OCH3 is 1. The Bertz CT molecular complexity index is 562. The number of ether oxygens (including phenoxy) is 1. The Hall–Kier alpha value is -2.31. The van der Waals surface area contributed by atoms with Gasteiger partial charge < -0.3 is 10.5 Å². The summed E-state index contributed by atoms with van der Waals surface area (Å²) in [6.45, 7) is 0. The van der Waals surface area contributed by atoms with Gasteiger partial charge in [0.1, 0.15) is 11.6 Å². The van der Waals surface area contributed by atoms with Crippen molar-refractivity contribution in [3.05, 3.63) is 29.8 Å². The van der Waals surface area contributed by atoms with E-state index < -0.39 is 11.6 Å². The highest BCUT2D eigenvalue weighted by molar-refractivity contribution is 5.57. The predicted octanol–water partition coefficient (Wildman–Crippen LogP) is 1.41. The molecule has 1 heterocycles. The first-order valence-electron chi connectivity index (χ1n) is 4.61. The molecule has 0 amide bonds. The zero-order chi connectivity index (χ0) is 12.4. The molecule has 17 heavy (non-hydrogen) atoms. The van der Waals surface area contributed by atoms with Crippen molar-refractivity contribution in [2.45, 2.75) is 0 Å². The zero-order valence-electron chi connectivity index (χ0n) is 8.82. The fraction of sp³-hybridized carbons (Fsp3) is 0.100. The average molecular weight is 238 g/mol. The normalized spacial score (nSPS) is 10.3. The van der Waals surface area contributed by atoms with Gasteiger partial charge in [-0.25, -0.2) is 8.78 Å². The minimum absolute atomic E-state index is 0.0591. The van der Waals surface area contributed by atoms with Crippen LogP contribution in [0.5, 0.6) is 6.01 Å². The Morgan fingerprint density at radius 2 is 1.94 bits per heavy atom. The summed E-state index contributed by atoms with van der Waals surface area (Å²) in [5.41, 5.74) is 5.30. The SMILES string of the molecule is COc1nc(N)nc(-c2cc(F)ccc2F)n1. The molecule has 0 aliphatic rings. The molecule has 2 N–H and O–H groups in total. The molecular weight excluding hydrogens is 230 g/mol. The van der Waals surface area contributed by atoms with Crippen LogP contribution >= 0.6 is 0 Å². The van der Waals surface area contributed by atoms with E-state index in [2.05, 4.69) is 15.0 Å². The number of nitrogens with zero attached hydrogens (tertiary/aromatic N) is 3. The van der Waals surface area contributed by atoms with Gasteiger partial charge in [0.15, 0.2) is 5.82 Å². The van der Waals surface area contributed by atoms with Gasteiger partial charge in [-0.2, -0.15) is 15.0 Å². The third-order valence-electron chi connectivity index (χ3n) is 1.98. The molecule has 88 valence electrons. The molecule has 7 heteroatoms. The maximum atomic E-state index is 13.5. The lowest BCUT2D eigenvalue weighted by Crippen LogP contribution is -2.03. The van der Waals surface area contributed by atoms with Gasteiger partial charge in [-0.3, -0.25) is 0 Å². The second-order valence-corrected chi connectivity index (χ2v) is 3.13. The molecule has 0 aliphatic heterocycles. The van der Waals surface area contributed by atoms with Crippen molar-refractivity contribution >= 4 is 5.95 Å². The molecule has 2 aromatic rings. The number of nitrogens with two attached hydrogens (primary N) is 1. The molecule has 0 atom stereocenters. The van der Waals surface area contributed by atoms with Gasteiger partial charge in [0.2, 0.25) is 5.95 Å². The summed E-state index contributed by atoms with van der Waals surface area (Å²) in [6.07, 6.45) is 0. The van der Waals surface area contributed by atoms with Crippen LogP contribution in [0.3, 0.4) is 0 Å². The van der Waals surface area contributed by atoms with Gasteiger partial charge in [-0.15, -0.1) is 0 Å². The number of nitrogen functional groups attached to an aromatic ring is 1. The zero-order valence-corrected chi connectivity index (χ0v) is 8.82. The van der Waals surface area contributed by atoms with E-state index in [4.69, 9.17) is 10.5 Å². The fourth-order valence-corrected chi connectivity index (χ4v) is 1.25.